The molecular formula is C20H19ClF3N3O3. The Kier molecular flexibility index (Phi) is 5.04. The van der Waals surface area contributed by atoms with Crippen molar-refractivity contribution in [2.24, 2.45) is 7.05 Å². The highest BCUT2D eigenvalue weighted by Crippen LogP contribution is 2.43. The third-order valence-electron chi connectivity index (χ3n) is 5.54. The number of aromatic amines is 1. The largest absolute Gasteiger partial charge is 0.418 e. The molecule has 0 radical (unpaired) electrons. The number of hydrogen-bond donors (Lipinski definition) is 1. The van der Waals surface area contributed by atoms with Crippen molar-refractivity contribution in [3.05, 3.63) is 49.9 Å². The van der Waals surface area contributed by atoms with Gasteiger partial charge in [0.05, 0.1) is 22.0 Å². The van der Waals surface area contributed by atoms with Gasteiger partial charge in [0.15, 0.2) is 0 Å². The average Bonchev–Trinajstić information content (AvgIpc) is 3.47. The first kappa shape index (κ1) is 20.7. The van der Waals surface area contributed by atoms with E-state index in [-0.39, 0.29) is 30.0 Å². The maximum absolute atomic E-state index is 13.7. The number of nitrogens with one attached hydrogen (secondary N) is 1. The number of aryl methyl sites for hydroxylation is 1. The summed E-state index contributed by atoms with van der Waals surface area (Å²) in [5.41, 5.74) is -1.91. The molecule has 1 aromatic heterocycles. The van der Waals surface area contributed by atoms with Crippen LogP contribution in [0.3, 0.4) is 0 Å². The van der Waals surface area contributed by atoms with Crippen molar-refractivity contribution in [2.75, 3.05) is 11.4 Å². The van der Waals surface area contributed by atoms with Crippen LogP contribution in [0, 0.1) is 0 Å². The minimum absolute atomic E-state index is 0.0363. The number of alkyl halides is 3. The summed E-state index contributed by atoms with van der Waals surface area (Å²) in [5.74, 6) is -1.15. The Labute approximate surface area is 174 Å². The van der Waals surface area contributed by atoms with E-state index in [1.807, 2.05) is 0 Å². The van der Waals surface area contributed by atoms with E-state index >= 15 is 0 Å². The minimum Gasteiger partial charge on any atom is -0.312 e. The van der Waals surface area contributed by atoms with Crippen LogP contribution >= 0.6 is 11.6 Å². The van der Waals surface area contributed by atoms with Crippen LogP contribution in [-0.2, 0) is 18.0 Å². The molecule has 1 N–H and O–H groups in total. The standard InChI is InChI=1S/C20H19ClF3N3O3/c1-26-19(30)16(17(25-26)10-5-6-10)18(29)11-8-14(27-7-3-2-4-15(27)28)12(9-13(11)21)20(22,23)24/h8-10,25H,2-7H2,1H3. The molecule has 1 amide bonds. The number of rotatable bonds is 4. The van der Waals surface area contributed by atoms with Crippen LogP contribution in [0.5, 0.6) is 0 Å². The molecule has 2 fully saturated rings. The fourth-order valence-electron chi connectivity index (χ4n) is 3.84. The number of anilines is 1. The highest BCUT2D eigenvalue weighted by molar-refractivity contribution is 6.35. The Hall–Kier alpha value is -2.55. The lowest BCUT2D eigenvalue weighted by Gasteiger charge is -2.30. The monoisotopic (exact) mass is 441 g/mol. The molecule has 0 atom stereocenters. The van der Waals surface area contributed by atoms with Gasteiger partial charge in [-0.15, -0.1) is 0 Å². The molecule has 0 unspecified atom stereocenters. The zero-order chi connectivity index (χ0) is 21.8. The van der Waals surface area contributed by atoms with E-state index in [0.29, 0.717) is 24.6 Å². The summed E-state index contributed by atoms with van der Waals surface area (Å²) in [6.07, 6.45) is -1.85. The molecule has 2 heterocycles. The predicted octanol–water partition coefficient (Wildman–Crippen LogP) is 4.01. The maximum atomic E-state index is 13.7. The summed E-state index contributed by atoms with van der Waals surface area (Å²) >= 11 is 6.09. The molecule has 6 nitrogen and oxygen atoms in total. The second kappa shape index (κ2) is 7.30. The van der Waals surface area contributed by atoms with E-state index in [2.05, 4.69) is 5.10 Å². The van der Waals surface area contributed by atoms with Gasteiger partial charge in [-0.25, -0.2) is 0 Å². The van der Waals surface area contributed by atoms with Crippen molar-refractivity contribution in [1.82, 2.24) is 9.78 Å². The first-order chi connectivity index (χ1) is 14.1. The number of H-pyrrole nitrogens is 1. The SMILES string of the molecule is Cn1[nH]c(C2CC2)c(C(=O)c2cc(N3CCCCC3=O)c(C(F)(F)F)cc2Cl)c1=O. The van der Waals surface area contributed by atoms with Crippen molar-refractivity contribution in [1.29, 1.82) is 0 Å². The van der Waals surface area contributed by atoms with E-state index in [9.17, 15) is 27.6 Å². The number of halogens is 4. The van der Waals surface area contributed by atoms with Crippen LogP contribution in [-0.4, -0.2) is 28.0 Å². The van der Waals surface area contributed by atoms with Crippen molar-refractivity contribution in [3.63, 3.8) is 0 Å². The van der Waals surface area contributed by atoms with E-state index < -0.39 is 39.7 Å². The Balaban J connectivity index is 1.87. The molecule has 160 valence electrons. The van der Waals surface area contributed by atoms with Gasteiger partial charge >= 0.3 is 6.18 Å². The van der Waals surface area contributed by atoms with Gasteiger partial charge in [-0.1, -0.05) is 11.6 Å². The molecule has 1 aliphatic carbocycles. The first-order valence-corrected chi connectivity index (χ1v) is 10.0. The highest BCUT2D eigenvalue weighted by Gasteiger charge is 2.39. The summed E-state index contributed by atoms with van der Waals surface area (Å²) in [4.78, 5) is 39.1. The number of ketones is 1. The van der Waals surface area contributed by atoms with Crippen LogP contribution in [0.25, 0.3) is 0 Å². The van der Waals surface area contributed by atoms with E-state index in [4.69, 9.17) is 11.6 Å². The first-order valence-electron chi connectivity index (χ1n) is 9.64. The summed E-state index contributed by atoms with van der Waals surface area (Å²) in [7, 11) is 1.47. The molecule has 1 aromatic carbocycles. The molecule has 4 rings (SSSR count). The fraction of sp³-hybridized carbons (Fsp3) is 0.450. The molecule has 1 saturated heterocycles. The Morgan fingerprint density at radius 3 is 2.50 bits per heavy atom. The normalized spacial score (nSPS) is 17.5. The lowest BCUT2D eigenvalue weighted by atomic mass is 9.97. The van der Waals surface area contributed by atoms with Gasteiger partial charge in [0.25, 0.3) is 5.56 Å². The smallest absolute Gasteiger partial charge is 0.312 e. The van der Waals surface area contributed by atoms with Crippen molar-refractivity contribution < 1.29 is 22.8 Å². The maximum Gasteiger partial charge on any atom is 0.418 e. The summed E-state index contributed by atoms with van der Waals surface area (Å²) in [5, 5.41) is 2.45. The Morgan fingerprint density at radius 1 is 1.20 bits per heavy atom. The molecule has 1 saturated carbocycles. The number of benzene rings is 1. The van der Waals surface area contributed by atoms with Gasteiger partial charge in [0.2, 0.25) is 11.7 Å². The molecule has 10 heteroatoms. The lowest BCUT2D eigenvalue weighted by molar-refractivity contribution is -0.137. The number of piperidine rings is 1. The number of nitrogens with zero attached hydrogens (tertiary/aromatic N) is 2. The summed E-state index contributed by atoms with van der Waals surface area (Å²) in [6, 6.07) is 1.67. The Bertz CT molecular complexity index is 1100. The topological polar surface area (TPSA) is 75.2 Å². The number of carbonyl (C=O) groups is 2. The Morgan fingerprint density at radius 2 is 1.90 bits per heavy atom. The highest BCUT2D eigenvalue weighted by atomic mass is 35.5. The van der Waals surface area contributed by atoms with Gasteiger partial charge in [-0.2, -0.15) is 13.2 Å². The summed E-state index contributed by atoms with van der Waals surface area (Å²) < 4.78 is 42.2. The fourth-order valence-corrected chi connectivity index (χ4v) is 4.09. The van der Waals surface area contributed by atoms with Crippen LogP contribution in [0.4, 0.5) is 18.9 Å². The third kappa shape index (κ3) is 3.55. The van der Waals surface area contributed by atoms with Gasteiger partial charge in [-0.3, -0.25) is 24.2 Å². The van der Waals surface area contributed by atoms with Gasteiger partial charge in [-0.05, 0) is 37.8 Å². The number of aromatic nitrogens is 2. The van der Waals surface area contributed by atoms with E-state index in [1.165, 1.54) is 11.7 Å². The van der Waals surface area contributed by atoms with E-state index in [1.54, 1.807) is 0 Å². The van der Waals surface area contributed by atoms with E-state index in [0.717, 1.165) is 23.8 Å². The van der Waals surface area contributed by atoms with Crippen molar-refractivity contribution >= 4 is 29.0 Å². The quantitative estimate of drug-likeness (QED) is 0.728. The third-order valence-corrected chi connectivity index (χ3v) is 5.85. The molecule has 0 spiro atoms. The zero-order valence-corrected chi connectivity index (χ0v) is 16.9. The molecule has 2 aliphatic rings. The van der Waals surface area contributed by atoms with Gasteiger partial charge in [0, 0.05) is 31.5 Å². The lowest BCUT2D eigenvalue weighted by Crippen LogP contribution is -2.36. The summed E-state index contributed by atoms with van der Waals surface area (Å²) in [6.45, 7) is 0.121. The van der Waals surface area contributed by atoms with Crippen molar-refractivity contribution in [3.8, 4) is 0 Å². The average molecular weight is 442 g/mol. The minimum atomic E-state index is -4.76. The number of carbonyl (C=O) groups excluding carboxylic acids is 2. The molecule has 30 heavy (non-hydrogen) atoms. The van der Waals surface area contributed by atoms with Crippen molar-refractivity contribution in [2.45, 2.75) is 44.2 Å². The van der Waals surface area contributed by atoms with Crippen LogP contribution in [0.15, 0.2) is 16.9 Å². The van der Waals surface area contributed by atoms with Gasteiger partial charge in [0.1, 0.15) is 5.56 Å². The van der Waals surface area contributed by atoms with Crippen LogP contribution < -0.4 is 10.5 Å². The molecule has 1 aliphatic heterocycles. The second-order valence-electron chi connectivity index (χ2n) is 7.72. The number of hydrogen-bond acceptors (Lipinski definition) is 3. The number of amides is 1. The molecule has 2 aromatic rings. The second-order valence-corrected chi connectivity index (χ2v) is 8.12. The van der Waals surface area contributed by atoms with Crippen LogP contribution in [0.2, 0.25) is 5.02 Å². The molecular weight excluding hydrogens is 423 g/mol. The van der Waals surface area contributed by atoms with Crippen LogP contribution in [0.1, 0.15) is 65.2 Å². The van der Waals surface area contributed by atoms with Gasteiger partial charge < -0.3 is 4.90 Å². The molecule has 0 bridgehead atoms. The zero-order valence-electron chi connectivity index (χ0n) is 16.1. The predicted molar refractivity (Wildman–Crippen MR) is 104 cm³/mol.